The first-order valence-electron chi connectivity index (χ1n) is 6.37. The van der Waals surface area contributed by atoms with Crippen LogP contribution in [-0.4, -0.2) is 6.54 Å². The lowest BCUT2D eigenvalue weighted by molar-refractivity contribution is 0.628. The maximum absolute atomic E-state index is 13.3. The third-order valence-corrected chi connectivity index (χ3v) is 3.35. The van der Waals surface area contributed by atoms with Gasteiger partial charge in [0.2, 0.25) is 0 Å². The molecule has 0 heterocycles. The summed E-state index contributed by atoms with van der Waals surface area (Å²) in [5.74, 6) is -0.383. The third kappa shape index (κ3) is 3.34. The van der Waals surface area contributed by atoms with Crippen molar-refractivity contribution >= 4 is 11.6 Å². The normalized spacial score (nSPS) is 10.7. The molecule has 0 aliphatic heterocycles. The van der Waals surface area contributed by atoms with Crippen molar-refractivity contribution in [3.63, 3.8) is 0 Å². The van der Waals surface area contributed by atoms with Crippen molar-refractivity contribution in [2.75, 3.05) is 6.54 Å². The van der Waals surface area contributed by atoms with Crippen molar-refractivity contribution in [1.29, 1.82) is 0 Å². The highest BCUT2D eigenvalue weighted by Crippen LogP contribution is 2.28. The molecule has 0 spiro atoms. The molecule has 0 atom stereocenters. The Labute approximate surface area is 118 Å². The van der Waals surface area contributed by atoms with Crippen LogP contribution in [0.15, 0.2) is 36.4 Å². The summed E-state index contributed by atoms with van der Waals surface area (Å²) < 4.78 is 13.3. The van der Waals surface area contributed by atoms with E-state index in [0.29, 0.717) is 0 Å². The molecule has 0 saturated carbocycles. The first-order valence-corrected chi connectivity index (χ1v) is 6.75. The average Bonchev–Trinajstić information content (AvgIpc) is 2.40. The lowest BCUT2D eigenvalue weighted by atomic mass is 9.97. The van der Waals surface area contributed by atoms with Gasteiger partial charge >= 0.3 is 0 Å². The van der Waals surface area contributed by atoms with Crippen molar-refractivity contribution in [3.8, 4) is 11.1 Å². The summed E-state index contributed by atoms with van der Waals surface area (Å²) in [7, 11) is 0. The molecule has 0 fully saturated rings. The quantitative estimate of drug-likeness (QED) is 0.864. The van der Waals surface area contributed by atoms with E-state index in [1.807, 2.05) is 6.92 Å². The van der Waals surface area contributed by atoms with Gasteiger partial charge in [-0.2, -0.15) is 0 Å². The molecule has 0 saturated heterocycles. The monoisotopic (exact) mass is 277 g/mol. The standard InChI is InChI=1S/C16H17ClFN/c1-3-19-10-13-5-4-11(2)8-14(13)12-6-7-16(18)15(17)9-12/h4-9,19H,3,10H2,1-2H3. The minimum atomic E-state index is -0.383. The second-order valence-corrected chi connectivity index (χ2v) is 4.98. The Hall–Kier alpha value is -1.38. The smallest absolute Gasteiger partial charge is 0.141 e. The first-order chi connectivity index (χ1) is 9.11. The van der Waals surface area contributed by atoms with Gasteiger partial charge in [0.25, 0.3) is 0 Å². The Morgan fingerprint density at radius 1 is 1.16 bits per heavy atom. The van der Waals surface area contributed by atoms with E-state index in [4.69, 9.17) is 11.6 Å². The molecule has 0 bridgehead atoms. The SMILES string of the molecule is CCNCc1ccc(C)cc1-c1ccc(F)c(Cl)c1. The zero-order valence-electron chi connectivity index (χ0n) is 11.1. The predicted molar refractivity (Wildman–Crippen MR) is 79.0 cm³/mol. The maximum atomic E-state index is 13.3. The van der Waals surface area contributed by atoms with Crippen LogP contribution in [-0.2, 0) is 6.54 Å². The molecule has 0 aliphatic rings. The second kappa shape index (κ2) is 6.18. The van der Waals surface area contributed by atoms with E-state index < -0.39 is 0 Å². The highest BCUT2D eigenvalue weighted by atomic mass is 35.5. The molecular weight excluding hydrogens is 261 g/mol. The van der Waals surface area contributed by atoms with Crippen LogP contribution in [0.5, 0.6) is 0 Å². The van der Waals surface area contributed by atoms with E-state index in [1.165, 1.54) is 17.2 Å². The van der Waals surface area contributed by atoms with Gasteiger partial charge < -0.3 is 5.32 Å². The van der Waals surface area contributed by atoms with Gasteiger partial charge in [0.15, 0.2) is 0 Å². The molecule has 2 aromatic rings. The molecule has 2 rings (SSSR count). The predicted octanol–water partition coefficient (Wildman–Crippen LogP) is 4.56. The van der Waals surface area contributed by atoms with Crippen LogP contribution >= 0.6 is 11.6 Å². The summed E-state index contributed by atoms with van der Waals surface area (Å²) >= 11 is 5.87. The largest absolute Gasteiger partial charge is 0.313 e. The molecule has 0 aromatic heterocycles. The molecule has 1 nitrogen and oxygen atoms in total. The van der Waals surface area contributed by atoms with Gasteiger partial charge in [-0.25, -0.2) is 4.39 Å². The Balaban J connectivity index is 2.46. The fraction of sp³-hybridized carbons (Fsp3) is 0.250. The lowest BCUT2D eigenvalue weighted by Gasteiger charge is -2.12. The first kappa shape index (κ1) is 14.0. The van der Waals surface area contributed by atoms with Crippen molar-refractivity contribution in [3.05, 3.63) is 58.4 Å². The molecule has 1 N–H and O–H groups in total. The lowest BCUT2D eigenvalue weighted by Crippen LogP contribution is -2.12. The molecule has 0 amide bonds. The Bertz CT molecular complexity index is 581. The summed E-state index contributed by atoms with van der Waals surface area (Å²) in [6, 6.07) is 11.2. The number of nitrogens with one attached hydrogen (secondary N) is 1. The molecule has 3 heteroatoms. The van der Waals surface area contributed by atoms with Crippen molar-refractivity contribution < 1.29 is 4.39 Å². The van der Waals surface area contributed by atoms with Crippen molar-refractivity contribution in [1.82, 2.24) is 5.32 Å². The van der Waals surface area contributed by atoms with Gasteiger partial charge in [-0.1, -0.05) is 48.4 Å². The van der Waals surface area contributed by atoms with Gasteiger partial charge in [-0.3, -0.25) is 0 Å². The van der Waals surface area contributed by atoms with Crippen LogP contribution in [0.3, 0.4) is 0 Å². The van der Waals surface area contributed by atoms with E-state index in [2.05, 4.69) is 30.4 Å². The highest BCUT2D eigenvalue weighted by molar-refractivity contribution is 6.31. The van der Waals surface area contributed by atoms with Crippen LogP contribution in [0.2, 0.25) is 5.02 Å². The Morgan fingerprint density at radius 2 is 1.95 bits per heavy atom. The van der Waals surface area contributed by atoms with Gasteiger partial charge in [0.1, 0.15) is 5.82 Å². The number of hydrogen-bond donors (Lipinski definition) is 1. The fourth-order valence-electron chi connectivity index (χ4n) is 2.04. The number of halogens is 2. The molecule has 2 aromatic carbocycles. The zero-order valence-corrected chi connectivity index (χ0v) is 11.9. The molecule has 100 valence electrons. The van der Waals surface area contributed by atoms with E-state index >= 15 is 0 Å². The van der Waals surface area contributed by atoms with Crippen molar-refractivity contribution in [2.45, 2.75) is 20.4 Å². The Kier molecular flexibility index (Phi) is 4.56. The van der Waals surface area contributed by atoms with Crippen LogP contribution < -0.4 is 5.32 Å². The van der Waals surface area contributed by atoms with E-state index in [1.54, 1.807) is 12.1 Å². The van der Waals surface area contributed by atoms with Gasteiger partial charge in [-0.05, 0) is 42.3 Å². The van der Waals surface area contributed by atoms with Gasteiger partial charge in [-0.15, -0.1) is 0 Å². The molecule has 19 heavy (non-hydrogen) atoms. The number of aryl methyl sites for hydroxylation is 1. The second-order valence-electron chi connectivity index (χ2n) is 4.57. The van der Waals surface area contributed by atoms with Crippen LogP contribution in [0.4, 0.5) is 4.39 Å². The average molecular weight is 278 g/mol. The third-order valence-electron chi connectivity index (χ3n) is 3.06. The summed E-state index contributed by atoms with van der Waals surface area (Å²) in [5, 5.41) is 3.47. The summed E-state index contributed by atoms with van der Waals surface area (Å²) in [5.41, 5.74) is 4.41. The summed E-state index contributed by atoms with van der Waals surface area (Å²) in [4.78, 5) is 0. The summed E-state index contributed by atoms with van der Waals surface area (Å²) in [6.45, 7) is 5.83. The summed E-state index contributed by atoms with van der Waals surface area (Å²) in [6.07, 6.45) is 0. The zero-order chi connectivity index (χ0) is 13.8. The Morgan fingerprint density at radius 3 is 2.63 bits per heavy atom. The topological polar surface area (TPSA) is 12.0 Å². The highest BCUT2D eigenvalue weighted by Gasteiger charge is 2.08. The minimum Gasteiger partial charge on any atom is -0.313 e. The van der Waals surface area contributed by atoms with E-state index in [0.717, 1.165) is 24.2 Å². The number of benzene rings is 2. The van der Waals surface area contributed by atoms with E-state index in [9.17, 15) is 4.39 Å². The fourth-order valence-corrected chi connectivity index (χ4v) is 2.22. The maximum Gasteiger partial charge on any atom is 0.141 e. The molecule has 0 aliphatic carbocycles. The van der Waals surface area contributed by atoms with Crippen molar-refractivity contribution in [2.24, 2.45) is 0 Å². The van der Waals surface area contributed by atoms with Crippen LogP contribution in [0.25, 0.3) is 11.1 Å². The minimum absolute atomic E-state index is 0.161. The number of hydrogen-bond acceptors (Lipinski definition) is 1. The van der Waals surface area contributed by atoms with E-state index in [-0.39, 0.29) is 10.8 Å². The molecule has 0 unspecified atom stereocenters. The van der Waals surface area contributed by atoms with Crippen LogP contribution in [0.1, 0.15) is 18.1 Å². The molecular formula is C16H17ClFN. The van der Waals surface area contributed by atoms with Crippen LogP contribution in [0, 0.1) is 12.7 Å². The molecule has 0 radical (unpaired) electrons. The van der Waals surface area contributed by atoms with Gasteiger partial charge in [0.05, 0.1) is 5.02 Å². The number of rotatable bonds is 4. The van der Waals surface area contributed by atoms with Gasteiger partial charge in [0, 0.05) is 6.54 Å².